The number of hydrogen-bond donors (Lipinski definition) is 1. The molecule has 5 heteroatoms. The van der Waals surface area contributed by atoms with Crippen LogP contribution in [0.25, 0.3) is 6.08 Å². The highest BCUT2D eigenvalue weighted by Crippen LogP contribution is 2.22. The van der Waals surface area contributed by atoms with Gasteiger partial charge in [-0.1, -0.05) is 71.9 Å². The standard InChI is InChI=1S/C17H13ClN2OS/c18-14-9-5-4-8-13(14)10-15-16(21)20-17(19-15)22-11-12-6-2-1-3-7-12/h1-10H,11H2,(H,19,20,21)/b15-10-. The summed E-state index contributed by atoms with van der Waals surface area (Å²) < 4.78 is 0. The molecule has 22 heavy (non-hydrogen) atoms. The molecular formula is C17H13ClN2OS. The van der Waals surface area contributed by atoms with Gasteiger partial charge in [0, 0.05) is 10.8 Å². The Bertz CT molecular complexity index is 756. The van der Waals surface area contributed by atoms with Crippen LogP contribution in [-0.2, 0) is 10.5 Å². The first kappa shape index (κ1) is 14.9. The smallest absolute Gasteiger partial charge is 0.275 e. The summed E-state index contributed by atoms with van der Waals surface area (Å²) in [6.45, 7) is 0. The zero-order valence-corrected chi connectivity index (χ0v) is 13.2. The molecule has 2 aromatic carbocycles. The fourth-order valence-electron chi connectivity index (χ4n) is 1.98. The fourth-order valence-corrected chi connectivity index (χ4v) is 2.99. The Labute approximate surface area is 138 Å². The first-order chi connectivity index (χ1) is 10.7. The molecule has 1 aliphatic heterocycles. The lowest BCUT2D eigenvalue weighted by Gasteiger charge is -2.00. The van der Waals surface area contributed by atoms with Crippen LogP contribution in [0.2, 0.25) is 5.02 Å². The van der Waals surface area contributed by atoms with Gasteiger partial charge in [-0.25, -0.2) is 4.99 Å². The van der Waals surface area contributed by atoms with Gasteiger partial charge in [0.15, 0.2) is 5.17 Å². The number of halogens is 1. The lowest BCUT2D eigenvalue weighted by Crippen LogP contribution is -2.21. The van der Waals surface area contributed by atoms with E-state index in [0.717, 1.165) is 11.3 Å². The van der Waals surface area contributed by atoms with Crippen molar-refractivity contribution in [1.82, 2.24) is 5.32 Å². The van der Waals surface area contributed by atoms with Crippen LogP contribution in [0, 0.1) is 0 Å². The second-order valence-electron chi connectivity index (χ2n) is 4.70. The molecule has 110 valence electrons. The fraction of sp³-hybridized carbons (Fsp3) is 0.0588. The Hall–Kier alpha value is -2.04. The lowest BCUT2D eigenvalue weighted by molar-refractivity contribution is -0.115. The number of nitrogens with zero attached hydrogens (tertiary/aromatic N) is 1. The molecule has 0 aromatic heterocycles. The molecule has 3 nitrogen and oxygen atoms in total. The molecule has 1 heterocycles. The van der Waals surface area contributed by atoms with E-state index in [-0.39, 0.29) is 5.91 Å². The summed E-state index contributed by atoms with van der Waals surface area (Å²) in [5.41, 5.74) is 2.35. The summed E-state index contributed by atoms with van der Waals surface area (Å²) in [5, 5.41) is 3.99. The van der Waals surface area contributed by atoms with Crippen molar-refractivity contribution in [2.75, 3.05) is 0 Å². The number of nitrogens with one attached hydrogen (secondary N) is 1. The van der Waals surface area contributed by atoms with Gasteiger partial charge in [0.05, 0.1) is 0 Å². The van der Waals surface area contributed by atoms with Crippen molar-refractivity contribution in [3.8, 4) is 0 Å². The van der Waals surface area contributed by atoms with Gasteiger partial charge >= 0.3 is 0 Å². The molecule has 0 radical (unpaired) electrons. The third-order valence-electron chi connectivity index (χ3n) is 3.09. The minimum absolute atomic E-state index is 0.199. The second-order valence-corrected chi connectivity index (χ2v) is 6.07. The monoisotopic (exact) mass is 328 g/mol. The van der Waals surface area contributed by atoms with E-state index >= 15 is 0 Å². The quantitative estimate of drug-likeness (QED) is 0.862. The molecule has 0 aliphatic carbocycles. The van der Waals surface area contributed by atoms with Gasteiger partial charge in [-0.15, -0.1) is 0 Å². The first-order valence-electron chi connectivity index (χ1n) is 6.75. The largest absolute Gasteiger partial charge is 0.300 e. The minimum atomic E-state index is -0.199. The number of carbonyl (C=O) groups excluding carboxylic acids is 1. The van der Waals surface area contributed by atoms with Crippen LogP contribution in [0.1, 0.15) is 11.1 Å². The van der Waals surface area contributed by atoms with Gasteiger partial charge in [0.25, 0.3) is 5.91 Å². The number of thioether (sulfide) groups is 1. The third-order valence-corrected chi connectivity index (χ3v) is 4.38. The number of carbonyl (C=O) groups is 1. The van der Waals surface area contributed by atoms with Gasteiger partial charge in [0.1, 0.15) is 5.70 Å². The van der Waals surface area contributed by atoms with Crippen molar-refractivity contribution in [2.45, 2.75) is 5.75 Å². The highest BCUT2D eigenvalue weighted by atomic mass is 35.5. The van der Waals surface area contributed by atoms with Gasteiger partial charge in [-0.05, 0) is 23.3 Å². The van der Waals surface area contributed by atoms with E-state index in [1.807, 2.05) is 48.5 Å². The maximum Gasteiger partial charge on any atom is 0.275 e. The second kappa shape index (κ2) is 6.81. The Balaban J connectivity index is 1.73. The third kappa shape index (κ3) is 3.59. The number of benzene rings is 2. The number of amidine groups is 1. The molecule has 1 aliphatic rings. The van der Waals surface area contributed by atoms with Crippen molar-refractivity contribution in [2.24, 2.45) is 4.99 Å². The van der Waals surface area contributed by atoms with Crippen molar-refractivity contribution in [1.29, 1.82) is 0 Å². The van der Waals surface area contributed by atoms with Crippen LogP contribution in [0.15, 0.2) is 65.3 Å². The topological polar surface area (TPSA) is 41.5 Å². The molecule has 0 unspecified atom stereocenters. The van der Waals surface area contributed by atoms with E-state index in [1.165, 1.54) is 17.3 Å². The summed E-state index contributed by atoms with van der Waals surface area (Å²) in [6.07, 6.45) is 1.70. The van der Waals surface area contributed by atoms with Crippen LogP contribution in [0.4, 0.5) is 0 Å². The van der Waals surface area contributed by atoms with E-state index in [0.29, 0.717) is 15.9 Å². The average molecular weight is 329 g/mol. The number of rotatable bonds is 3. The van der Waals surface area contributed by atoms with Crippen LogP contribution in [0.5, 0.6) is 0 Å². The van der Waals surface area contributed by atoms with Crippen molar-refractivity contribution in [3.05, 3.63) is 76.4 Å². The van der Waals surface area contributed by atoms with E-state index in [9.17, 15) is 4.79 Å². The summed E-state index contributed by atoms with van der Waals surface area (Å²) in [6, 6.07) is 17.4. The Morgan fingerprint density at radius 1 is 1.09 bits per heavy atom. The normalized spacial score (nSPS) is 15.8. The lowest BCUT2D eigenvalue weighted by atomic mass is 10.2. The molecular weight excluding hydrogens is 316 g/mol. The predicted octanol–water partition coefficient (Wildman–Crippen LogP) is 4.10. The van der Waals surface area contributed by atoms with Crippen molar-refractivity contribution >= 4 is 40.5 Å². The van der Waals surface area contributed by atoms with Crippen molar-refractivity contribution < 1.29 is 4.79 Å². The Morgan fingerprint density at radius 3 is 2.59 bits per heavy atom. The first-order valence-corrected chi connectivity index (χ1v) is 8.12. The molecule has 3 rings (SSSR count). The maximum atomic E-state index is 12.0. The molecule has 0 saturated carbocycles. The zero-order valence-electron chi connectivity index (χ0n) is 11.6. The van der Waals surface area contributed by atoms with Gasteiger partial charge in [-0.2, -0.15) is 0 Å². The summed E-state index contributed by atoms with van der Waals surface area (Å²) >= 11 is 7.60. The molecule has 0 atom stereocenters. The molecule has 0 spiro atoms. The zero-order chi connectivity index (χ0) is 15.4. The summed E-state index contributed by atoms with van der Waals surface area (Å²) in [5.74, 6) is 0.565. The van der Waals surface area contributed by atoms with E-state index in [4.69, 9.17) is 11.6 Å². The van der Waals surface area contributed by atoms with E-state index in [1.54, 1.807) is 12.1 Å². The van der Waals surface area contributed by atoms with Crippen LogP contribution < -0.4 is 5.32 Å². The van der Waals surface area contributed by atoms with Gasteiger partial charge in [-0.3, -0.25) is 10.1 Å². The average Bonchev–Trinajstić information content (AvgIpc) is 2.89. The predicted molar refractivity (Wildman–Crippen MR) is 92.7 cm³/mol. The Morgan fingerprint density at radius 2 is 1.82 bits per heavy atom. The van der Waals surface area contributed by atoms with Gasteiger partial charge in [0.2, 0.25) is 0 Å². The van der Waals surface area contributed by atoms with Crippen LogP contribution >= 0.6 is 23.4 Å². The van der Waals surface area contributed by atoms with Crippen LogP contribution in [0.3, 0.4) is 0 Å². The minimum Gasteiger partial charge on any atom is -0.300 e. The molecule has 0 bridgehead atoms. The number of hydrogen-bond acceptors (Lipinski definition) is 3. The van der Waals surface area contributed by atoms with Gasteiger partial charge < -0.3 is 0 Å². The van der Waals surface area contributed by atoms with Crippen LogP contribution in [-0.4, -0.2) is 11.1 Å². The number of amides is 1. The molecule has 0 saturated heterocycles. The molecule has 1 N–H and O–H groups in total. The van der Waals surface area contributed by atoms with Crippen molar-refractivity contribution in [3.63, 3.8) is 0 Å². The highest BCUT2D eigenvalue weighted by molar-refractivity contribution is 8.13. The highest BCUT2D eigenvalue weighted by Gasteiger charge is 2.20. The Kier molecular flexibility index (Phi) is 4.61. The molecule has 2 aromatic rings. The summed E-state index contributed by atoms with van der Waals surface area (Å²) in [7, 11) is 0. The van der Waals surface area contributed by atoms with E-state index in [2.05, 4.69) is 10.3 Å². The molecule has 0 fully saturated rings. The number of aliphatic imine (C=N–C) groups is 1. The maximum absolute atomic E-state index is 12.0. The van der Waals surface area contributed by atoms with E-state index < -0.39 is 0 Å². The SMILES string of the molecule is O=C1NC(SCc2ccccc2)=N/C1=C\c1ccccc1Cl. The molecule has 1 amide bonds. The summed E-state index contributed by atoms with van der Waals surface area (Å²) in [4.78, 5) is 16.3.